The molecule has 130 valence electrons. The fourth-order valence-corrected chi connectivity index (χ4v) is 6.03. The molecule has 1 aromatic heterocycles. The zero-order valence-corrected chi connectivity index (χ0v) is 14.2. The molecule has 0 unspecified atom stereocenters. The van der Waals surface area contributed by atoms with E-state index in [9.17, 15) is 4.79 Å². The number of nitrogens with one attached hydrogen (secondary N) is 2. The van der Waals surface area contributed by atoms with Crippen molar-refractivity contribution in [3.05, 3.63) is 17.8 Å². The second-order valence-corrected chi connectivity index (χ2v) is 8.53. The molecule has 0 aromatic carbocycles. The Morgan fingerprint density at radius 2 is 1.75 bits per heavy atom. The van der Waals surface area contributed by atoms with Crippen LogP contribution in [0.1, 0.15) is 67.2 Å². The van der Waals surface area contributed by atoms with E-state index in [4.69, 9.17) is 4.42 Å². The number of oxazole rings is 1. The molecule has 2 heterocycles. The van der Waals surface area contributed by atoms with Crippen LogP contribution in [0.5, 0.6) is 0 Å². The van der Waals surface area contributed by atoms with Crippen molar-refractivity contribution in [3.63, 3.8) is 0 Å². The minimum Gasteiger partial charge on any atom is -0.448 e. The molecular weight excluding hydrogens is 302 g/mol. The van der Waals surface area contributed by atoms with Gasteiger partial charge in [-0.25, -0.2) is 4.98 Å². The highest BCUT2D eigenvalue weighted by Gasteiger charge is 2.48. The lowest BCUT2D eigenvalue weighted by molar-refractivity contribution is -0.0120. The van der Waals surface area contributed by atoms with Crippen LogP contribution in [-0.4, -0.2) is 30.0 Å². The van der Waals surface area contributed by atoms with Crippen molar-refractivity contribution in [2.45, 2.75) is 56.9 Å². The number of aromatic nitrogens is 1. The number of rotatable bonds is 3. The van der Waals surface area contributed by atoms with Crippen LogP contribution in [-0.2, 0) is 0 Å². The van der Waals surface area contributed by atoms with Gasteiger partial charge in [-0.15, -0.1) is 0 Å². The molecule has 5 nitrogen and oxygen atoms in total. The van der Waals surface area contributed by atoms with Crippen molar-refractivity contribution in [2.24, 2.45) is 23.7 Å². The van der Waals surface area contributed by atoms with E-state index in [1.54, 1.807) is 6.26 Å². The van der Waals surface area contributed by atoms with Crippen molar-refractivity contribution in [2.75, 3.05) is 13.1 Å². The summed E-state index contributed by atoms with van der Waals surface area (Å²) in [5.74, 6) is 4.32. The van der Waals surface area contributed by atoms with E-state index in [1.165, 1.54) is 32.1 Å². The highest BCUT2D eigenvalue weighted by Crippen LogP contribution is 2.53. The van der Waals surface area contributed by atoms with Crippen molar-refractivity contribution in [3.8, 4) is 0 Å². The first-order chi connectivity index (χ1) is 11.8. The van der Waals surface area contributed by atoms with E-state index in [-0.39, 0.29) is 5.91 Å². The minimum absolute atomic E-state index is 0.0311. The normalized spacial score (nSPS) is 38.4. The number of piperidine rings is 1. The van der Waals surface area contributed by atoms with Gasteiger partial charge in [-0.1, -0.05) is 0 Å². The van der Waals surface area contributed by atoms with E-state index in [0.717, 1.165) is 43.7 Å². The van der Waals surface area contributed by atoms with Gasteiger partial charge in [0.05, 0.1) is 0 Å². The summed E-state index contributed by atoms with van der Waals surface area (Å²) in [5, 5.41) is 6.67. The minimum atomic E-state index is -0.0311. The molecule has 1 saturated heterocycles. The average Bonchev–Trinajstić information content (AvgIpc) is 3.08. The molecule has 4 bridgehead atoms. The van der Waals surface area contributed by atoms with Gasteiger partial charge >= 0.3 is 0 Å². The lowest BCUT2D eigenvalue weighted by Gasteiger charge is -2.54. The Morgan fingerprint density at radius 1 is 1.08 bits per heavy atom. The molecule has 2 N–H and O–H groups in total. The smallest absolute Gasteiger partial charge is 0.273 e. The van der Waals surface area contributed by atoms with Gasteiger partial charge in [0.2, 0.25) is 0 Å². The van der Waals surface area contributed by atoms with Crippen LogP contribution in [0.25, 0.3) is 0 Å². The first-order valence-electron chi connectivity index (χ1n) is 9.73. The average molecular weight is 329 g/mol. The highest BCUT2D eigenvalue weighted by atomic mass is 16.3. The van der Waals surface area contributed by atoms with Crippen molar-refractivity contribution < 1.29 is 9.21 Å². The summed E-state index contributed by atoms with van der Waals surface area (Å²) in [6, 6.07) is 0.365. The molecule has 1 aliphatic heterocycles. The van der Waals surface area contributed by atoms with Crippen LogP contribution < -0.4 is 10.6 Å². The largest absolute Gasteiger partial charge is 0.448 e. The van der Waals surface area contributed by atoms with Crippen molar-refractivity contribution in [1.82, 2.24) is 15.6 Å². The molecule has 5 aliphatic rings. The highest BCUT2D eigenvalue weighted by molar-refractivity contribution is 5.92. The number of hydrogen-bond donors (Lipinski definition) is 2. The summed E-state index contributed by atoms with van der Waals surface area (Å²) in [6.07, 6.45) is 10.3. The number of carbonyl (C=O) groups excluding carboxylic acids is 1. The van der Waals surface area contributed by atoms with Gasteiger partial charge in [0.1, 0.15) is 6.26 Å². The molecule has 5 fully saturated rings. The summed E-state index contributed by atoms with van der Waals surface area (Å²) < 4.78 is 5.63. The zero-order valence-electron chi connectivity index (χ0n) is 14.2. The van der Waals surface area contributed by atoms with E-state index in [2.05, 4.69) is 15.6 Å². The standard InChI is InChI=1S/C19H27N3O2/c23-18(16-10-24-19(21-16)13-1-3-20-4-2-13)22-17-14-6-11-5-12(8-14)9-15(17)7-11/h10-15,17,20H,1-9H2,(H,22,23). The molecule has 0 spiro atoms. The fraction of sp³-hybridized carbons (Fsp3) is 0.789. The number of nitrogens with zero attached hydrogens (tertiary/aromatic N) is 1. The third-order valence-electron chi connectivity index (χ3n) is 6.97. The summed E-state index contributed by atoms with van der Waals surface area (Å²) in [4.78, 5) is 17.2. The van der Waals surface area contributed by atoms with Crippen LogP contribution in [0.2, 0.25) is 0 Å². The molecule has 1 amide bonds. The lowest BCUT2D eigenvalue weighted by atomic mass is 9.54. The molecule has 4 aliphatic carbocycles. The third-order valence-corrected chi connectivity index (χ3v) is 6.97. The molecule has 4 saturated carbocycles. The van der Waals surface area contributed by atoms with Gasteiger partial charge in [0, 0.05) is 12.0 Å². The zero-order chi connectivity index (χ0) is 16.1. The van der Waals surface area contributed by atoms with Gasteiger partial charge in [-0.05, 0) is 81.7 Å². The van der Waals surface area contributed by atoms with Crippen LogP contribution in [0, 0.1) is 23.7 Å². The first-order valence-corrected chi connectivity index (χ1v) is 9.73. The number of amides is 1. The SMILES string of the molecule is O=C(NC1C2CC3CC(C2)CC1C3)c1coc(C2CCNCC2)n1. The van der Waals surface area contributed by atoms with Gasteiger partial charge in [-0.2, -0.15) is 0 Å². The summed E-state index contributed by atoms with van der Waals surface area (Å²) >= 11 is 0. The summed E-state index contributed by atoms with van der Waals surface area (Å²) in [6.45, 7) is 2.00. The van der Waals surface area contributed by atoms with Gasteiger partial charge < -0.3 is 15.1 Å². The van der Waals surface area contributed by atoms with Crippen LogP contribution >= 0.6 is 0 Å². The van der Waals surface area contributed by atoms with E-state index >= 15 is 0 Å². The number of hydrogen-bond acceptors (Lipinski definition) is 4. The predicted molar refractivity (Wildman–Crippen MR) is 89.6 cm³/mol. The Morgan fingerprint density at radius 3 is 2.42 bits per heavy atom. The second-order valence-electron chi connectivity index (χ2n) is 8.53. The molecule has 1 aromatic rings. The Bertz CT molecular complexity index is 592. The quantitative estimate of drug-likeness (QED) is 0.895. The molecule has 5 heteroatoms. The van der Waals surface area contributed by atoms with Crippen LogP contribution in [0.4, 0.5) is 0 Å². The second kappa shape index (κ2) is 5.87. The summed E-state index contributed by atoms with van der Waals surface area (Å²) in [5.41, 5.74) is 0.470. The maximum atomic E-state index is 12.7. The van der Waals surface area contributed by atoms with E-state index in [1.807, 2.05) is 0 Å². The van der Waals surface area contributed by atoms with Crippen molar-refractivity contribution in [1.29, 1.82) is 0 Å². The molecule has 6 rings (SSSR count). The molecule has 0 atom stereocenters. The Balaban J connectivity index is 1.26. The first kappa shape index (κ1) is 14.9. The van der Waals surface area contributed by atoms with E-state index < -0.39 is 0 Å². The number of carbonyl (C=O) groups is 1. The predicted octanol–water partition coefficient (Wildman–Crippen LogP) is 2.70. The maximum Gasteiger partial charge on any atom is 0.273 e. The Hall–Kier alpha value is -1.36. The lowest BCUT2D eigenvalue weighted by Crippen LogP contribution is -2.55. The van der Waals surface area contributed by atoms with E-state index in [0.29, 0.717) is 29.5 Å². The Kier molecular flexibility index (Phi) is 3.65. The monoisotopic (exact) mass is 329 g/mol. The van der Waals surface area contributed by atoms with Crippen molar-refractivity contribution >= 4 is 5.91 Å². The van der Waals surface area contributed by atoms with Gasteiger partial charge in [0.25, 0.3) is 5.91 Å². The van der Waals surface area contributed by atoms with Crippen LogP contribution in [0.15, 0.2) is 10.7 Å². The van der Waals surface area contributed by atoms with Gasteiger partial charge in [-0.3, -0.25) is 4.79 Å². The maximum absolute atomic E-state index is 12.7. The topological polar surface area (TPSA) is 67.2 Å². The molecule has 0 radical (unpaired) electrons. The van der Waals surface area contributed by atoms with Gasteiger partial charge in [0.15, 0.2) is 11.6 Å². The molecule has 24 heavy (non-hydrogen) atoms. The Labute approximate surface area is 143 Å². The third kappa shape index (κ3) is 2.57. The molecular formula is C19H27N3O2. The fourth-order valence-electron chi connectivity index (χ4n) is 6.03. The summed E-state index contributed by atoms with van der Waals surface area (Å²) in [7, 11) is 0. The van der Waals surface area contributed by atoms with Crippen LogP contribution in [0.3, 0.4) is 0 Å².